The van der Waals surface area contributed by atoms with E-state index in [4.69, 9.17) is 0 Å². The Labute approximate surface area is 164 Å². The Hall–Kier alpha value is -3.22. The number of carbonyl (C=O) groups excluding carboxylic acids is 3. The molecule has 2 aromatic rings. The predicted octanol–water partition coefficient (Wildman–Crippen LogP) is 2.26. The van der Waals surface area contributed by atoms with Crippen molar-refractivity contribution in [1.82, 2.24) is 14.8 Å². The molecule has 146 valence electrons. The minimum Gasteiger partial charge on any atom is -0.339 e. The average Bonchev–Trinajstić information content (AvgIpc) is 2.70. The largest absolute Gasteiger partial charge is 0.339 e. The lowest BCUT2D eigenvalue weighted by atomic mass is 10.1. The molecule has 3 rings (SSSR count). The summed E-state index contributed by atoms with van der Waals surface area (Å²) >= 11 is 0. The van der Waals surface area contributed by atoms with Crippen LogP contribution in [0.3, 0.4) is 0 Å². The van der Waals surface area contributed by atoms with Crippen LogP contribution >= 0.6 is 0 Å². The summed E-state index contributed by atoms with van der Waals surface area (Å²) in [4.78, 5) is 44.2. The van der Waals surface area contributed by atoms with Crippen molar-refractivity contribution in [2.45, 2.75) is 20.8 Å². The number of nitrogens with one attached hydrogen (secondary N) is 1. The van der Waals surface area contributed by atoms with Gasteiger partial charge in [0.2, 0.25) is 5.91 Å². The van der Waals surface area contributed by atoms with Gasteiger partial charge in [-0.25, -0.2) is 0 Å². The first-order valence-electron chi connectivity index (χ1n) is 9.24. The number of aryl methyl sites for hydroxylation is 2. The lowest BCUT2D eigenvalue weighted by molar-refractivity contribution is -0.130. The fourth-order valence-corrected chi connectivity index (χ4v) is 3.10. The summed E-state index contributed by atoms with van der Waals surface area (Å²) in [6, 6.07) is 8.81. The first kappa shape index (κ1) is 19.5. The zero-order valence-corrected chi connectivity index (χ0v) is 16.4. The number of nitrogens with zero attached hydrogens (tertiary/aromatic N) is 3. The molecule has 2 heterocycles. The maximum atomic E-state index is 12.7. The van der Waals surface area contributed by atoms with Gasteiger partial charge in [-0.2, -0.15) is 0 Å². The first-order valence-corrected chi connectivity index (χ1v) is 9.24. The van der Waals surface area contributed by atoms with Crippen molar-refractivity contribution >= 4 is 23.4 Å². The standard InChI is InChI=1S/C21H24N4O3/c1-14-4-5-18(12-15(14)2)23-20(27)17-6-7-22-19(13-17)21(28)25-10-8-24(9-11-25)16(3)26/h4-7,12-13H,8-11H2,1-3H3,(H,23,27). The molecule has 0 atom stereocenters. The predicted molar refractivity (Wildman–Crippen MR) is 106 cm³/mol. The molecular weight excluding hydrogens is 356 g/mol. The van der Waals surface area contributed by atoms with Gasteiger partial charge in [-0.1, -0.05) is 6.07 Å². The second-order valence-corrected chi connectivity index (χ2v) is 6.98. The van der Waals surface area contributed by atoms with Crippen molar-refractivity contribution < 1.29 is 14.4 Å². The van der Waals surface area contributed by atoms with E-state index in [1.54, 1.807) is 15.9 Å². The van der Waals surface area contributed by atoms with Crippen LogP contribution in [0.25, 0.3) is 0 Å². The molecule has 0 spiro atoms. The molecule has 1 aliphatic rings. The minimum atomic E-state index is -0.291. The summed E-state index contributed by atoms with van der Waals surface area (Å²) in [6.07, 6.45) is 1.47. The molecule has 1 N–H and O–H groups in total. The van der Waals surface area contributed by atoms with E-state index in [9.17, 15) is 14.4 Å². The van der Waals surface area contributed by atoms with E-state index >= 15 is 0 Å². The number of carbonyl (C=O) groups is 3. The number of pyridine rings is 1. The Bertz CT molecular complexity index is 918. The highest BCUT2D eigenvalue weighted by atomic mass is 16.2. The molecule has 1 aromatic carbocycles. The Morgan fingerprint density at radius 1 is 0.929 bits per heavy atom. The van der Waals surface area contributed by atoms with Gasteiger partial charge < -0.3 is 15.1 Å². The van der Waals surface area contributed by atoms with Crippen molar-refractivity contribution in [3.63, 3.8) is 0 Å². The van der Waals surface area contributed by atoms with E-state index in [0.717, 1.165) is 11.1 Å². The summed E-state index contributed by atoms with van der Waals surface area (Å²) < 4.78 is 0. The van der Waals surface area contributed by atoms with Crippen LogP contribution in [-0.4, -0.2) is 58.7 Å². The SMILES string of the molecule is CC(=O)N1CCN(C(=O)c2cc(C(=O)Nc3ccc(C)c(C)c3)ccn2)CC1. The third-order valence-corrected chi connectivity index (χ3v) is 5.02. The second-order valence-electron chi connectivity index (χ2n) is 6.98. The van der Waals surface area contributed by atoms with Crippen molar-refractivity contribution in [2.75, 3.05) is 31.5 Å². The van der Waals surface area contributed by atoms with Crippen LogP contribution in [0, 0.1) is 13.8 Å². The summed E-state index contributed by atoms with van der Waals surface area (Å²) in [5.74, 6) is -0.514. The Kier molecular flexibility index (Phi) is 5.73. The molecular formula is C21H24N4O3. The molecule has 1 fully saturated rings. The highest BCUT2D eigenvalue weighted by Gasteiger charge is 2.24. The molecule has 7 nitrogen and oxygen atoms in total. The van der Waals surface area contributed by atoms with Crippen molar-refractivity contribution in [3.8, 4) is 0 Å². The van der Waals surface area contributed by atoms with Gasteiger partial charge in [-0.05, 0) is 49.2 Å². The fraction of sp³-hybridized carbons (Fsp3) is 0.333. The molecule has 0 saturated carbocycles. The summed E-state index contributed by atoms with van der Waals surface area (Å²) in [5, 5.41) is 2.85. The van der Waals surface area contributed by atoms with Crippen LogP contribution in [0.2, 0.25) is 0 Å². The topological polar surface area (TPSA) is 82.6 Å². The molecule has 1 aliphatic heterocycles. The summed E-state index contributed by atoms with van der Waals surface area (Å²) in [5.41, 5.74) is 3.55. The number of hydrogen-bond acceptors (Lipinski definition) is 4. The lowest BCUT2D eigenvalue weighted by Crippen LogP contribution is -2.50. The van der Waals surface area contributed by atoms with E-state index in [1.165, 1.54) is 19.2 Å². The third-order valence-electron chi connectivity index (χ3n) is 5.02. The van der Waals surface area contributed by atoms with Crippen molar-refractivity contribution in [1.29, 1.82) is 0 Å². The van der Waals surface area contributed by atoms with E-state index in [1.807, 2.05) is 32.0 Å². The minimum absolute atomic E-state index is 0.00948. The average molecular weight is 380 g/mol. The Balaban J connectivity index is 1.69. The maximum absolute atomic E-state index is 12.7. The van der Waals surface area contributed by atoms with E-state index in [-0.39, 0.29) is 23.4 Å². The second kappa shape index (κ2) is 8.21. The molecule has 3 amide bonds. The zero-order valence-electron chi connectivity index (χ0n) is 16.4. The van der Waals surface area contributed by atoms with Crippen LogP contribution in [0.5, 0.6) is 0 Å². The fourth-order valence-electron chi connectivity index (χ4n) is 3.10. The monoisotopic (exact) mass is 380 g/mol. The quantitative estimate of drug-likeness (QED) is 0.885. The number of benzene rings is 1. The molecule has 1 aromatic heterocycles. The van der Waals surface area contributed by atoms with Crippen LogP contribution in [0.4, 0.5) is 5.69 Å². The van der Waals surface area contributed by atoms with E-state index in [0.29, 0.717) is 37.4 Å². The molecule has 1 saturated heterocycles. The highest BCUT2D eigenvalue weighted by Crippen LogP contribution is 2.16. The van der Waals surface area contributed by atoms with Gasteiger partial charge in [0, 0.05) is 50.6 Å². The van der Waals surface area contributed by atoms with Gasteiger partial charge in [0.05, 0.1) is 0 Å². The number of hydrogen-bond donors (Lipinski definition) is 1. The zero-order chi connectivity index (χ0) is 20.3. The normalized spacial score (nSPS) is 14.0. The van der Waals surface area contributed by atoms with Crippen molar-refractivity contribution in [2.24, 2.45) is 0 Å². The molecule has 0 aliphatic carbocycles. The van der Waals surface area contributed by atoms with Gasteiger partial charge in [0.25, 0.3) is 11.8 Å². The number of aromatic nitrogens is 1. The van der Waals surface area contributed by atoms with Gasteiger partial charge in [-0.15, -0.1) is 0 Å². The van der Waals surface area contributed by atoms with Gasteiger partial charge >= 0.3 is 0 Å². The summed E-state index contributed by atoms with van der Waals surface area (Å²) in [6.45, 7) is 7.45. The smallest absolute Gasteiger partial charge is 0.272 e. The number of anilines is 1. The van der Waals surface area contributed by atoms with Gasteiger partial charge in [0.1, 0.15) is 5.69 Å². The molecule has 0 bridgehead atoms. The molecule has 7 heteroatoms. The third kappa shape index (κ3) is 4.36. The van der Waals surface area contributed by atoms with Gasteiger partial charge in [0.15, 0.2) is 0 Å². The van der Waals surface area contributed by atoms with Crippen LogP contribution < -0.4 is 5.32 Å². The van der Waals surface area contributed by atoms with Crippen molar-refractivity contribution in [3.05, 3.63) is 58.9 Å². The maximum Gasteiger partial charge on any atom is 0.272 e. The Morgan fingerprint density at radius 3 is 2.25 bits per heavy atom. The van der Waals surface area contributed by atoms with Crippen LogP contribution in [-0.2, 0) is 4.79 Å². The van der Waals surface area contributed by atoms with Gasteiger partial charge in [-0.3, -0.25) is 19.4 Å². The molecule has 0 radical (unpaired) electrons. The van der Waals surface area contributed by atoms with E-state index in [2.05, 4.69) is 10.3 Å². The summed E-state index contributed by atoms with van der Waals surface area (Å²) in [7, 11) is 0. The lowest BCUT2D eigenvalue weighted by Gasteiger charge is -2.34. The highest BCUT2D eigenvalue weighted by molar-refractivity contribution is 6.05. The number of rotatable bonds is 3. The Morgan fingerprint density at radius 2 is 1.61 bits per heavy atom. The first-order chi connectivity index (χ1) is 13.3. The number of piperazine rings is 1. The van der Waals surface area contributed by atoms with E-state index < -0.39 is 0 Å². The molecule has 28 heavy (non-hydrogen) atoms. The number of amides is 3. The van der Waals surface area contributed by atoms with Crippen LogP contribution in [0.15, 0.2) is 36.5 Å². The van der Waals surface area contributed by atoms with Crippen LogP contribution in [0.1, 0.15) is 38.9 Å². The molecule has 0 unspecified atom stereocenters.